The van der Waals surface area contributed by atoms with Gasteiger partial charge >= 0.3 is 0 Å². The Hall–Kier alpha value is -2.59. The minimum absolute atomic E-state index is 0.360. The van der Waals surface area contributed by atoms with Crippen molar-refractivity contribution in [3.05, 3.63) is 67.5 Å². The van der Waals surface area contributed by atoms with E-state index in [4.69, 9.17) is 11.6 Å². The van der Waals surface area contributed by atoms with E-state index < -0.39 is 0 Å². The van der Waals surface area contributed by atoms with Gasteiger partial charge in [0.05, 0.1) is 11.9 Å². The highest BCUT2D eigenvalue weighted by atomic mass is 35.5. The molecule has 5 heteroatoms. The number of aryl methyl sites for hydroxylation is 1. The monoisotopic (exact) mass is 354 g/mol. The molecule has 2 aromatic heterocycles. The molecule has 0 bridgehead atoms. The van der Waals surface area contributed by atoms with Gasteiger partial charge in [-0.15, -0.1) is 0 Å². The minimum Gasteiger partial charge on any atom is -0.350 e. The van der Waals surface area contributed by atoms with E-state index in [1.54, 1.807) is 17.0 Å². The van der Waals surface area contributed by atoms with Gasteiger partial charge < -0.3 is 5.32 Å². The predicted octanol–water partition coefficient (Wildman–Crippen LogP) is 5.34. The van der Waals surface area contributed by atoms with Crippen LogP contribution in [0, 0.1) is 0 Å². The Labute approximate surface area is 154 Å². The van der Waals surface area contributed by atoms with Gasteiger partial charge in [-0.2, -0.15) is 5.10 Å². The molecule has 25 heavy (non-hydrogen) atoms. The van der Waals surface area contributed by atoms with Crippen LogP contribution in [0.25, 0.3) is 22.4 Å². The molecule has 0 radical (unpaired) electrons. The number of nitrogens with one attached hydrogen (secondary N) is 1. The van der Waals surface area contributed by atoms with Gasteiger partial charge in [-0.1, -0.05) is 74.5 Å². The maximum absolute atomic E-state index is 6.11. The molecule has 0 amide bonds. The molecule has 3 rings (SSSR count). The second-order valence-corrected chi connectivity index (χ2v) is 5.58. The van der Waals surface area contributed by atoms with Crippen molar-refractivity contribution in [2.45, 2.75) is 19.3 Å². The van der Waals surface area contributed by atoms with Gasteiger partial charge in [0.25, 0.3) is 0 Å². The van der Waals surface area contributed by atoms with Crippen molar-refractivity contribution < 1.29 is 0 Å². The van der Waals surface area contributed by atoms with Crippen molar-refractivity contribution in [2.75, 3.05) is 5.32 Å². The third-order valence-corrected chi connectivity index (χ3v) is 3.85. The Balaban J connectivity index is 0.00000109. The van der Waals surface area contributed by atoms with Crippen molar-refractivity contribution in [3.63, 3.8) is 0 Å². The van der Waals surface area contributed by atoms with Crippen LogP contribution in [0.2, 0.25) is 0 Å². The highest BCUT2D eigenvalue weighted by Gasteiger charge is 2.13. The van der Waals surface area contributed by atoms with Crippen molar-refractivity contribution in [3.8, 4) is 22.4 Å². The average molecular weight is 355 g/mol. The number of aromatic nitrogens is 3. The lowest BCUT2D eigenvalue weighted by molar-refractivity contribution is 0.770. The van der Waals surface area contributed by atoms with Crippen LogP contribution < -0.4 is 5.32 Å². The first kappa shape index (κ1) is 18.7. The van der Waals surface area contributed by atoms with Crippen LogP contribution in [0.3, 0.4) is 0 Å². The summed E-state index contributed by atoms with van der Waals surface area (Å²) in [5.74, 6) is 0.833. The topological polar surface area (TPSA) is 42.7 Å². The standard InChI is InChI=1S/C18H17ClN4.C2H6/c1-3-17(19)22-18-15(12-21-23(18)2)14-9-10-16(20-11-14)13-7-5-4-6-8-13;1-2/h3-12,17,22H,1H2,2H3;1-2H3. The molecule has 1 unspecified atom stereocenters. The molecule has 1 N–H and O–H groups in total. The second kappa shape index (κ2) is 9.04. The average Bonchev–Trinajstić information content (AvgIpc) is 3.04. The number of benzene rings is 1. The maximum atomic E-state index is 6.11. The molecule has 0 aliphatic carbocycles. The second-order valence-electron chi connectivity index (χ2n) is 5.11. The summed E-state index contributed by atoms with van der Waals surface area (Å²) in [5.41, 5.74) is 3.60. The Morgan fingerprint density at radius 3 is 2.40 bits per heavy atom. The zero-order valence-corrected chi connectivity index (χ0v) is 15.5. The molecule has 0 aliphatic heterocycles. The van der Waals surface area contributed by atoms with Crippen molar-refractivity contribution in [2.24, 2.45) is 7.05 Å². The van der Waals surface area contributed by atoms with E-state index >= 15 is 0 Å². The van der Waals surface area contributed by atoms with Crippen LogP contribution in [0.1, 0.15) is 13.8 Å². The Morgan fingerprint density at radius 2 is 1.80 bits per heavy atom. The molecule has 2 heterocycles. The summed E-state index contributed by atoms with van der Waals surface area (Å²) in [7, 11) is 1.87. The molecule has 0 fully saturated rings. The highest BCUT2D eigenvalue weighted by molar-refractivity contribution is 6.22. The van der Waals surface area contributed by atoms with E-state index in [0.717, 1.165) is 28.2 Å². The largest absolute Gasteiger partial charge is 0.350 e. The minimum atomic E-state index is -0.360. The molecule has 4 nitrogen and oxygen atoms in total. The summed E-state index contributed by atoms with van der Waals surface area (Å²) in [6.45, 7) is 7.68. The van der Waals surface area contributed by atoms with Crippen molar-refractivity contribution in [1.82, 2.24) is 14.8 Å². The number of hydrogen-bond donors (Lipinski definition) is 1. The van der Waals surface area contributed by atoms with Gasteiger partial charge in [0, 0.05) is 29.9 Å². The van der Waals surface area contributed by atoms with Gasteiger partial charge in [0.1, 0.15) is 11.3 Å². The number of halogens is 1. The van der Waals surface area contributed by atoms with Gasteiger partial charge in [-0.25, -0.2) is 0 Å². The van der Waals surface area contributed by atoms with Gasteiger partial charge in [0.15, 0.2) is 0 Å². The molecule has 1 atom stereocenters. The number of anilines is 1. The Kier molecular flexibility index (Phi) is 6.78. The predicted molar refractivity (Wildman–Crippen MR) is 107 cm³/mol. The fourth-order valence-corrected chi connectivity index (χ4v) is 2.45. The maximum Gasteiger partial charge on any atom is 0.133 e. The number of rotatable bonds is 5. The van der Waals surface area contributed by atoms with E-state index in [2.05, 4.69) is 22.0 Å². The summed E-state index contributed by atoms with van der Waals surface area (Å²) in [4.78, 5) is 4.56. The summed E-state index contributed by atoms with van der Waals surface area (Å²) >= 11 is 6.11. The molecule has 130 valence electrons. The zero-order chi connectivity index (χ0) is 18.2. The van der Waals surface area contributed by atoms with Crippen LogP contribution >= 0.6 is 11.6 Å². The van der Waals surface area contributed by atoms with Gasteiger partial charge in [-0.3, -0.25) is 9.67 Å². The number of pyridine rings is 1. The lowest BCUT2D eigenvalue weighted by Gasteiger charge is -2.12. The molecular weight excluding hydrogens is 332 g/mol. The van der Waals surface area contributed by atoms with Gasteiger partial charge in [0.2, 0.25) is 0 Å². The smallest absolute Gasteiger partial charge is 0.133 e. The molecule has 0 spiro atoms. The Morgan fingerprint density at radius 1 is 1.08 bits per heavy atom. The number of hydrogen-bond acceptors (Lipinski definition) is 3. The number of alkyl halides is 1. The first-order valence-corrected chi connectivity index (χ1v) is 8.69. The van der Waals surface area contributed by atoms with Crippen LogP contribution in [0.4, 0.5) is 5.82 Å². The first-order valence-electron chi connectivity index (χ1n) is 8.26. The lowest BCUT2D eigenvalue weighted by atomic mass is 10.1. The molecular formula is C20H23ClN4. The SMILES string of the molecule is C=CC(Cl)Nc1c(-c2ccc(-c3ccccc3)nc2)cnn1C.CC. The highest BCUT2D eigenvalue weighted by Crippen LogP contribution is 2.29. The fourth-order valence-electron chi connectivity index (χ4n) is 2.34. The quantitative estimate of drug-likeness (QED) is 0.382. The van der Waals surface area contributed by atoms with E-state index in [-0.39, 0.29) is 5.50 Å². The van der Waals surface area contributed by atoms with Crippen molar-refractivity contribution >= 4 is 17.4 Å². The van der Waals surface area contributed by atoms with Crippen LogP contribution in [0.15, 0.2) is 67.5 Å². The molecule has 3 aromatic rings. The van der Waals surface area contributed by atoms with E-state index in [1.165, 1.54) is 0 Å². The van der Waals surface area contributed by atoms with E-state index in [1.807, 2.05) is 69.6 Å². The molecule has 1 aromatic carbocycles. The van der Waals surface area contributed by atoms with Crippen molar-refractivity contribution in [1.29, 1.82) is 0 Å². The van der Waals surface area contributed by atoms with Gasteiger partial charge in [-0.05, 0) is 6.07 Å². The summed E-state index contributed by atoms with van der Waals surface area (Å²) < 4.78 is 1.75. The fraction of sp³-hybridized carbons (Fsp3) is 0.200. The Bertz CT molecular complexity index is 794. The summed E-state index contributed by atoms with van der Waals surface area (Å²) in [6.07, 6.45) is 5.28. The third kappa shape index (κ3) is 4.48. The van der Waals surface area contributed by atoms with E-state index in [0.29, 0.717) is 0 Å². The molecule has 0 aliphatic rings. The van der Waals surface area contributed by atoms with Crippen LogP contribution in [-0.2, 0) is 7.05 Å². The van der Waals surface area contributed by atoms with Crippen LogP contribution in [-0.4, -0.2) is 20.3 Å². The lowest BCUT2D eigenvalue weighted by Crippen LogP contribution is -2.12. The number of nitrogens with zero attached hydrogens (tertiary/aromatic N) is 3. The zero-order valence-electron chi connectivity index (χ0n) is 14.8. The normalized spacial score (nSPS) is 11.2. The van der Waals surface area contributed by atoms with Crippen LogP contribution in [0.5, 0.6) is 0 Å². The molecule has 0 saturated heterocycles. The summed E-state index contributed by atoms with van der Waals surface area (Å²) in [6, 6.07) is 14.1. The third-order valence-electron chi connectivity index (χ3n) is 3.56. The first-order chi connectivity index (χ1) is 12.2. The van der Waals surface area contributed by atoms with E-state index in [9.17, 15) is 0 Å². The summed E-state index contributed by atoms with van der Waals surface area (Å²) in [5, 5.41) is 7.47. The molecule has 0 saturated carbocycles.